The molecule has 1 aliphatic rings. The average molecular weight is 233 g/mol. The van der Waals surface area contributed by atoms with Crippen LogP contribution in [0.2, 0.25) is 0 Å². The molecular weight excluding hydrogens is 210 g/mol. The van der Waals surface area contributed by atoms with Crippen molar-refractivity contribution in [1.29, 1.82) is 0 Å². The lowest BCUT2D eigenvalue weighted by Crippen LogP contribution is -2.43. The van der Waals surface area contributed by atoms with Gasteiger partial charge in [-0.3, -0.25) is 0 Å². The number of nitrogens with one attached hydrogen (secondary N) is 1. The van der Waals surface area contributed by atoms with Crippen LogP contribution in [-0.4, -0.2) is 17.3 Å². The number of aryl methyl sites for hydroxylation is 1. The first kappa shape index (κ1) is 12.6. The first-order chi connectivity index (χ1) is 8.18. The molecule has 1 fully saturated rings. The molecule has 1 aromatic rings. The molecule has 2 N–H and O–H groups in total. The molecule has 0 bridgehead atoms. The Kier molecular flexibility index (Phi) is 4.19. The topological polar surface area (TPSA) is 32.3 Å². The smallest absolute Gasteiger partial charge is 0.0693 e. The largest absolute Gasteiger partial charge is 0.392 e. The second-order valence-corrected chi connectivity index (χ2v) is 5.20. The number of hydrogen-bond acceptors (Lipinski definition) is 2. The highest BCUT2D eigenvalue weighted by molar-refractivity contribution is 5.28. The van der Waals surface area contributed by atoms with E-state index in [2.05, 4.69) is 43.4 Å². The zero-order chi connectivity index (χ0) is 12.3. The molecule has 2 heteroatoms. The van der Waals surface area contributed by atoms with Gasteiger partial charge in [-0.05, 0) is 37.8 Å². The van der Waals surface area contributed by atoms with Crippen LogP contribution in [0.3, 0.4) is 0 Å². The predicted octanol–water partition coefficient (Wildman–Crippen LogP) is 2.95. The second-order valence-electron chi connectivity index (χ2n) is 5.20. The molecule has 2 nitrogen and oxygen atoms in total. The Labute approximate surface area is 104 Å². The van der Waals surface area contributed by atoms with Crippen molar-refractivity contribution < 1.29 is 5.11 Å². The van der Waals surface area contributed by atoms with E-state index in [1.54, 1.807) is 0 Å². The summed E-state index contributed by atoms with van der Waals surface area (Å²) in [6.45, 7) is 4.33. The van der Waals surface area contributed by atoms with Crippen LogP contribution in [0.4, 0.5) is 0 Å². The Bertz CT molecular complexity index is 364. The van der Waals surface area contributed by atoms with Crippen LogP contribution in [0.5, 0.6) is 0 Å². The monoisotopic (exact) mass is 233 g/mol. The number of hydrogen-bond donors (Lipinski definition) is 2. The van der Waals surface area contributed by atoms with E-state index in [0.717, 1.165) is 19.3 Å². The van der Waals surface area contributed by atoms with Crippen molar-refractivity contribution in [2.45, 2.75) is 57.7 Å². The molecule has 1 aromatic carbocycles. The van der Waals surface area contributed by atoms with Crippen molar-refractivity contribution in [3.05, 3.63) is 35.4 Å². The van der Waals surface area contributed by atoms with E-state index >= 15 is 0 Å². The van der Waals surface area contributed by atoms with Crippen LogP contribution in [0.15, 0.2) is 24.3 Å². The molecule has 0 heterocycles. The predicted molar refractivity (Wildman–Crippen MR) is 71.0 cm³/mol. The SMILES string of the molecule is Cc1ccccc1C(C)N[C@@H]1CCCC[C@H]1O. The fraction of sp³-hybridized carbons (Fsp3) is 0.600. The molecule has 0 saturated heterocycles. The molecule has 0 aliphatic heterocycles. The molecule has 0 amide bonds. The first-order valence-corrected chi connectivity index (χ1v) is 6.68. The lowest BCUT2D eigenvalue weighted by Gasteiger charge is -2.31. The van der Waals surface area contributed by atoms with E-state index in [1.807, 2.05) is 0 Å². The zero-order valence-corrected chi connectivity index (χ0v) is 10.8. The zero-order valence-electron chi connectivity index (χ0n) is 10.8. The summed E-state index contributed by atoms with van der Waals surface area (Å²) in [7, 11) is 0. The van der Waals surface area contributed by atoms with Crippen molar-refractivity contribution in [1.82, 2.24) is 5.32 Å². The fourth-order valence-corrected chi connectivity index (χ4v) is 2.79. The molecule has 1 saturated carbocycles. The van der Waals surface area contributed by atoms with E-state index in [-0.39, 0.29) is 12.1 Å². The number of benzene rings is 1. The standard InChI is InChI=1S/C15H23NO/c1-11-7-3-4-8-13(11)12(2)16-14-9-5-6-10-15(14)17/h3-4,7-8,12,14-17H,5-6,9-10H2,1-2H3/t12?,14-,15-/m1/s1. The third kappa shape index (κ3) is 3.08. The number of rotatable bonds is 3. The highest BCUT2D eigenvalue weighted by Crippen LogP contribution is 2.23. The quantitative estimate of drug-likeness (QED) is 0.841. The van der Waals surface area contributed by atoms with Crippen molar-refractivity contribution in [3.63, 3.8) is 0 Å². The van der Waals surface area contributed by atoms with Gasteiger partial charge >= 0.3 is 0 Å². The van der Waals surface area contributed by atoms with Gasteiger partial charge in [0.15, 0.2) is 0 Å². The molecule has 0 aromatic heterocycles. The molecule has 3 atom stereocenters. The molecule has 17 heavy (non-hydrogen) atoms. The van der Waals surface area contributed by atoms with Gasteiger partial charge in [-0.2, -0.15) is 0 Å². The Balaban J connectivity index is 2.01. The van der Waals surface area contributed by atoms with Gasteiger partial charge < -0.3 is 10.4 Å². The Hall–Kier alpha value is -0.860. The van der Waals surface area contributed by atoms with Crippen molar-refractivity contribution in [2.24, 2.45) is 0 Å². The highest BCUT2D eigenvalue weighted by atomic mass is 16.3. The fourth-order valence-electron chi connectivity index (χ4n) is 2.79. The summed E-state index contributed by atoms with van der Waals surface area (Å²) in [5.41, 5.74) is 2.66. The maximum absolute atomic E-state index is 9.97. The van der Waals surface area contributed by atoms with Gasteiger partial charge in [0.05, 0.1) is 6.10 Å². The molecule has 0 spiro atoms. The number of aliphatic hydroxyl groups is 1. The summed E-state index contributed by atoms with van der Waals surface area (Å²) in [4.78, 5) is 0. The van der Waals surface area contributed by atoms with Crippen molar-refractivity contribution in [2.75, 3.05) is 0 Å². The summed E-state index contributed by atoms with van der Waals surface area (Å²) < 4.78 is 0. The number of aliphatic hydroxyl groups excluding tert-OH is 1. The molecular formula is C15H23NO. The van der Waals surface area contributed by atoms with Crippen LogP contribution < -0.4 is 5.32 Å². The van der Waals surface area contributed by atoms with Gasteiger partial charge in [0.2, 0.25) is 0 Å². The third-order valence-corrected chi connectivity index (χ3v) is 3.85. The summed E-state index contributed by atoms with van der Waals surface area (Å²) in [5.74, 6) is 0. The maximum atomic E-state index is 9.97. The molecule has 1 unspecified atom stereocenters. The van der Waals surface area contributed by atoms with Crippen LogP contribution in [-0.2, 0) is 0 Å². The van der Waals surface area contributed by atoms with Crippen molar-refractivity contribution >= 4 is 0 Å². The molecule has 2 rings (SSSR count). The van der Waals surface area contributed by atoms with E-state index in [1.165, 1.54) is 17.5 Å². The van der Waals surface area contributed by atoms with Crippen LogP contribution >= 0.6 is 0 Å². The van der Waals surface area contributed by atoms with Gasteiger partial charge in [-0.1, -0.05) is 37.1 Å². The second kappa shape index (κ2) is 5.65. The molecule has 1 aliphatic carbocycles. The minimum Gasteiger partial charge on any atom is -0.392 e. The van der Waals surface area contributed by atoms with E-state index < -0.39 is 0 Å². The Morgan fingerprint density at radius 3 is 2.65 bits per heavy atom. The first-order valence-electron chi connectivity index (χ1n) is 6.68. The normalized spacial score (nSPS) is 26.8. The highest BCUT2D eigenvalue weighted by Gasteiger charge is 2.24. The summed E-state index contributed by atoms with van der Waals surface area (Å²) in [5, 5.41) is 13.5. The average Bonchev–Trinajstić information content (AvgIpc) is 2.32. The van der Waals surface area contributed by atoms with Crippen molar-refractivity contribution in [3.8, 4) is 0 Å². The molecule has 94 valence electrons. The van der Waals surface area contributed by atoms with Crippen LogP contribution in [0.25, 0.3) is 0 Å². The van der Waals surface area contributed by atoms with Crippen LogP contribution in [0, 0.1) is 6.92 Å². The Morgan fingerprint density at radius 1 is 1.24 bits per heavy atom. The van der Waals surface area contributed by atoms with Gasteiger partial charge in [0, 0.05) is 12.1 Å². The van der Waals surface area contributed by atoms with E-state index in [9.17, 15) is 5.11 Å². The maximum Gasteiger partial charge on any atom is 0.0693 e. The third-order valence-electron chi connectivity index (χ3n) is 3.85. The van der Waals surface area contributed by atoms with Gasteiger partial charge in [0.25, 0.3) is 0 Å². The van der Waals surface area contributed by atoms with E-state index in [4.69, 9.17) is 0 Å². The summed E-state index contributed by atoms with van der Waals surface area (Å²) >= 11 is 0. The van der Waals surface area contributed by atoms with Gasteiger partial charge in [-0.25, -0.2) is 0 Å². The van der Waals surface area contributed by atoms with Crippen LogP contribution in [0.1, 0.15) is 49.8 Å². The minimum atomic E-state index is -0.171. The van der Waals surface area contributed by atoms with Gasteiger partial charge in [-0.15, -0.1) is 0 Å². The lowest BCUT2D eigenvalue weighted by atomic mass is 9.91. The van der Waals surface area contributed by atoms with E-state index in [0.29, 0.717) is 6.04 Å². The molecule has 0 radical (unpaired) electrons. The summed E-state index contributed by atoms with van der Waals surface area (Å²) in [6, 6.07) is 9.04. The minimum absolute atomic E-state index is 0.171. The Morgan fingerprint density at radius 2 is 1.94 bits per heavy atom. The van der Waals surface area contributed by atoms with Gasteiger partial charge in [0.1, 0.15) is 0 Å². The summed E-state index contributed by atoms with van der Waals surface area (Å²) in [6.07, 6.45) is 4.26. The lowest BCUT2D eigenvalue weighted by molar-refractivity contribution is 0.0859.